The van der Waals surface area contributed by atoms with Crippen LogP contribution in [0, 0.1) is 18.5 Å². The van der Waals surface area contributed by atoms with Crippen LogP contribution < -0.4 is 9.30 Å². The van der Waals surface area contributed by atoms with E-state index in [0.717, 1.165) is 66.7 Å². The number of ether oxygens (including phenoxy) is 1. The van der Waals surface area contributed by atoms with Crippen molar-refractivity contribution in [2.45, 2.75) is 26.2 Å². The van der Waals surface area contributed by atoms with E-state index in [1.54, 1.807) is 0 Å². The van der Waals surface area contributed by atoms with Gasteiger partial charge in [-0.05, 0) is 63.5 Å². The molecule has 0 radical (unpaired) electrons. The van der Waals surface area contributed by atoms with Crippen LogP contribution in [0.15, 0.2) is 150 Å². The number of furan rings is 1. The number of hydrogen-bond acceptors (Lipinski definition) is 3. The SMILES string of the molecule is CC(C)(C)c1ccnc(-c2cccc(-c3ccccc3-[n+]3[c-]n(-c4[c-]c(Oc5[c-]cc6c(c5)oc5ccccc56)ccc4)c4ccccc43)c2)c1.[Pt]. The van der Waals surface area contributed by atoms with E-state index in [9.17, 15) is 0 Å². The van der Waals surface area contributed by atoms with Gasteiger partial charge in [-0.25, -0.2) is 0 Å². The molecule has 0 atom stereocenters. The Balaban J connectivity index is 0.00000387. The van der Waals surface area contributed by atoms with Crippen molar-refractivity contribution in [3.8, 4) is 45.3 Å². The van der Waals surface area contributed by atoms with Gasteiger partial charge in [0.25, 0.3) is 6.33 Å². The molecule has 0 amide bonds. The van der Waals surface area contributed by atoms with Crippen molar-refractivity contribution in [3.63, 3.8) is 0 Å². The maximum atomic E-state index is 6.29. The minimum absolute atomic E-state index is 0. The molecule has 6 heteroatoms. The summed E-state index contributed by atoms with van der Waals surface area (Å²) in [7, 11) is 0. The molecule has 6 aromatic carbocycles. The molecule has 3 aromatic heterocycles. The van der Waals surface area contributed by atoms with Crippen LogP contribution in [0.2, 0.25) is 0 Å². The number of nitrogens with zero attached hydrogens (tertiary/aromatic N) is 3. The van der Waals surface area contributed by atoms with Crippen molar-refractivity contribution in [3.05, 3.63) is 170 Å². The van der Waals surface area contributed by atoms with Crippen molar-refractivity contribution in [2.24, 2.45) is 0 Å². The monoisotopic (exact) mass is 854 g/mol. The van der Waals surface area contributed by atoms with Crippen LogP contribution in [0.4, 0.5) is 0 Å². The minimum Gasteiger partial charge on any atom is -0.510 e. The van der Waals surface area contributed by atoms with Crippen molar-refractivity contribution < 1.29 is 34.8 Å². The molecule has 52 heavy (non-hydrogen) atoms. The maximum Gasteiger partial charge on any atom is 0.268 e. The quantitative estimate of drug-likeness (QED) is 0.124. The van der Waals surface area contributed by atoms with Crippen LogP contribution >= 0.6 is 0 Å². The Morgan fingerprint density at radius 1 is 0.712 bits per heavy atom. The topological polar surface area (TPSA) is 44.1 Å². The van der Waals surface area contributed by atoms with Gasteiger partial charge in [0.2, 0.25) is 0 Å². The Morgan fingerprint density at radius 3 is 2.40 bits per heavy atom. The molecule has 0 aliphatic heterocycles. The van der Waals surface area contributed by atoms with Gasteiger partial charge in [0.05, 0.1) is 22.4 Å². The zero-order chi connectivity index (χ0) is 34.5. The minimum atomic E-state index is 0. The summed E-state index contributed by atoms with van der Waals surface area (Å²) >= 11 is 0. The van der Waals surface area contributed by atoms with Gasteiger partial charge < -0.3 is 13.7 Å². The van der Waals surface area contributed by atoms with Crippen molar-refractivity contribution in [1.29, 1.82) is 0 Å². The molecule has 0 aliphatic carbocycles. The van der Waals surface area contributed by atoms with Crippen molar-refractivity contribution in [2.75, 3.05) is 0 Å². The fourth-order valence-corrected chi connectivity index (χ4v) is 6.68. The standard InChI is InChI=1S/C46H33N3O2.Pt/c1-46(2,3)33-24-25-47-40(27-33)32-13-10-12-31(26-32)37-16-4-6-18-41(37)49-30-48(42-19-7-8-20-43(42)49)34-14-11-15-35(28-34)50-36-22-23-39-38-17-5-9-21-44(38)51-45(39)29-36;/h4-21,23-27,29H,1-3H3;/q-2;. The second-order valence-electron chi connectivity index (χ2n) is 13.7. The molecular weight excluding hydrogens is 822 g/mol. The molecular formula is C46H33N3O2Pt-2. The number of benzene rings is 6. The number of fused-ring (bicyclic) bond motifs is 4. The van der Waals surface area contributed by atoms with Crippen LogP contribution in [0.1, 0.15) is 26.3 Å². The Hall–Kier alpha value is -5.77. The molecule has 3 heterocycles. The summed E-state index contributed by atoms with van der Waals surface area (Å²) in [5.41, 5.74) is 10.9. The van der Waals surface area contributed by atoms with Gasteiger partial charge in [0.1, 0.15) is 5.58 Å². The Labute approximate surface area is 317 Å². The number of pyridine rings is 1. The van der Waals surface area contributed by atoms with Crippen LogP contribution in [0.3, 0.4) is 0 Å². The van der Waals surface area contributed by atoms with Crippen molar-refractivity contribution in [1.82, 2.24) is 9.55 Å². The van der Waals surface area contributed by atoms with Crippen LogP contribution in [-0.4, -0.2) is 9.55 Å². The number of rotatable bonds is 6. The summed E-state index contributed by atoms with van der Waals surface area (Å²) in [4.78, 5) is 4.74. The van der Waals surface area contributed by atoms with E-state index >= 15 is 0 Å². The van der Waals surface area contributed by atoms with Gasteiger partial charge in [-0.1, -0.05) is 111 Å². The number of para-hydroxylation sites is 4. The third kappa shape index (κ3) is 6.12. The molecule has 0 bridgehead atoms. The first-order valence-electron chi connectivity index (χ1n) is 17.0. The first-order valence-corrected chi connectivity index (χ1v) is 17.0. The summed E-state index contributed by atoms with van der Waals surface area (Å²) in [6.45, 7) is 6.68. The van der Waals surface area contributed by atoms with E-state index in [2.05, 4.69) is 129 Å². The molecule has 0 saturated carbocycles. The summed E-state index contributed by atoms with van der Waals surface area (Å²) in [5, 5.41) is 2.07. The summed E-state index contributed by atoms with van der Waals surface area (Å²) in [5.74, 6) is 1.13. The van der Waals surface area contributed by atoms with Gasteiger partial charge in [0, 0.05) is 49.9 Å². The predicted molar refractivity (Wildman–Crippen MR) is 202 cm³/mol. The van der Waals surface area contributed by atoms with E-state index < -0.39 is 0 Å². The molecule has 9 aromatic rings. The number of hydrogen-bond donors (Lipinski definition) is 0. The second-order valence-corrected chi connectivity index (χ2v) is 13.7. The second kappa shape index (κ2) is 13.4. The molecule has 0 spiro atoms. The van der Waals surface area contributed by atoms with Gasteiger partial charge in [-0.3, -0.25) is 9.55 Å². The van der Waals surface area contributed by atoms with E-state index in [-0.39, 0.29) is 26.5 Å². The first-order chi connectivity index (χ1) is 24.9. The molecule has 0 N–H and O–H groups in total. The van der Waals surface area contributed by atoms with Gasteiger partial charge in [0.15, 0.2) is 0 Å². The zero-order valence-corrected chi connectivity index (χ0v) is 31.1. The Kier molecular flexibility index (Phi) is 8.61. The van der Waals surface area contributed by atoms with Crippen LogP contribution in [-0.2, 0) is 26.5 Å². The molecule has 256 valence electrons. The van der Waals surface area contributed by atoms with E-state index in [0.29, 0.717) is 11.5 Å². The average molecular weight is 855 g/mol. The summed E-state index contributed by atoms with van der Waals surface area (Å²) < 4.78 is 16.5. The first kappa shape index (κ1) is 33.4. The van der Waals surface area contributed by atoms with Crippen LogP contribution in [0.5, 0.6) is 11.5 Å². The summed E-state index contributed by atoms with van der Waals surface area (Å²) in [6.07, 6.45) is 5.55. The van der Waals surface area contributed by atoms with Gasteiger partial charge in [-0.2, -0.15) is 18.2 Å². The number of imidazole rings is 1. The zero-order valence-electron chi connectivity index (χ0n) is 28.8. The summed E-state index contributed by atoms with van der Waals surface area (Å²) in [6, 6.07) is 54.1. The fourth-order valence-electron chi connectivity index (χ4n) is 6.68. The van der Waals surface area contributed by atoms with Gasteiger partial charge in [-0.15, -0.1) is 18.2 Å². The maximum absolute atomic E-state index is 6.29. The van der Waals surface area contributed by atoms with Crippen LogP contribution in [0.25, 0.3) is 66.7 Å². The molecule has 5 nitrogen and oxygen atoms in total. The average Bonchev–Trinajstić information content (AvgIpc) is 3.73. The van der Waals surface area contributed by atoms with E-state index in [1.165, 1.54) is 5.56 Å². The Bertz CT molecular complexity index is 2740. The molecule has 0 fully saturated rings. The third-order valence-electron chi connectivity index (χ3n) is 9.30. The fraction of sp³-hybridized carbons (Fsp3) is 0.0870. The largest absolute Gasteiger partial charge is 0.510 e. The predicted octanol–water partition coefficient (Wildman–Crippen LogP) is 11.0. The molecule has 0 saturated heterocycles. The normalized spacial score (nSPS) is 11.6. The molecule has 0 aliphatic rings. The third-order valence-corrected chi connectivity index (χ3v) is 9.30. The molecule has 0 unspecified atom stereocenters. The van der Waals surface area contributed by atoms with Crippen molar-refractivity contribution >= 4 is 33.0 Å². The van der Waals surface area contributed by atoms with E-state index in [4.69, 9.17) is 14.1 Å². The van der Waals surface area contributed by atoms with Gasteiger partial charge >= 0.3 is 0 Å². The molecule has 9 rings (SSSR count). The van der Waals surface area contributed by atoms with E-state index in [1.807, 2.05) is 65.4 Å². The number of aromatic nitrogens is 3. The smallest absolute Gasteiger partial charge is 0.268 e. The Morgan fingerprint density at radius 2 is 1.50 bits per heavy atom.